The van der Waals surface area contributed by atoms with Crippen molar-refractivity contribution in [3.8, 4) is 0 Å². The van der Waals surface area contributed by atoms with Gasteiger partial charge in [0.05, 0.1) is 19.4 Å². The summed E-state index contributed by atoms with van der Waals surface area (Å²) >= 11 is 1.81. The average molecular weight is 359 g/mol. The van der Waals surface area contributed by atoms with Crippen molar-refractivity contribution in [1.82, 2.24) is 15.5 Å². The van der Waals surface area contributed by atoms with Crippen molar-refractivity contribution < 1.29 is 14.0 Å². The van der Waals surface area contributed by atoms with Gasteiger partial charge in [-0.3, -0.25) is 15.0 Å². The van der Waals surface area contributed by atoms with Crippen molar-refractivity contribution in [2.75, 3.05) is 13.1 Å². The first-order valence-electron chi connectivity index (χ1n) is 8.61. The van der Waals surface area contributed by atoms with Crippen LogP contribution in [0.15, 0.2) is 34.3 Å². The van der Waals surface area contributed by atoms with Crippen molar-refractivity contribution in [2.45, 2.75) is 31.8 Å². The van der Waals surface area contributed by atoms with E-state index in [1.165, 1.54) is 23.3 Å². The first-order valence-corrected chi connectivity index (χ1v) is 9.49. The van der Waals surface area contributed by atoms with Gasteiger partial charge in [-0.25, -0.2) is 4.79 Å². The van der Waals surface area contributed by atoms with Crippen LogP contribution in [-0.2, 0) is 17.8 Å². The molecule has 1 atom stereocenters. The largest absolute Gasteiger partial charge is 0.467 e. The van der Waals surface area contributed by atoms with E-state index in [-0.39, 0.29) is 19.0 Å². The van der Waals surface area contributed by atoms with Gasteiger partial charge in [0.2, 0.25) is 5.91 Å². The molecule has 1 aliphatic carbocycles. The van der Waals surface area contributed by atoms with E-state index in [0.29, 0.717) is 17.7 Å². The summed E-state index contributed by atoms with van der Waals surface area (Å²) in [5.41, 5.74) is 1.38. The van der Waals surface area contributed by atoms with Gasteiger partial charge >= 0.3 is 6.03 Å². The minimum absolute atomic E-state index is 0.255. The van der Waals surface area contributed by atoms with Gasteiger partial charge in [0.15, 0.2) is 0 Å². The topological polar surface area (TPSA) is 74.6 Å². The van der Waals surface area contributed by atoms with E-state index in [1.54, 1.807) is 18.4 Å². The molecule has 3 amide bonds. The first kappa shape index (κ1) is 16.4. The molecule has 25 heavy (non-hydrogen) atoms. The maximum atomic E-state index is 12.3. The maximum Gasteiger partial charge on any atom is 0.321 e. The van der Waals surface area contributed by atoms with Gasteiger partial charge in [0.1, 0.15) is 5.76 Å². The van der Waals surface area contributed by atoms with Crippen LogP contribution in [0.3, 0.4) is 0 Å². The Bertz CT molecular complexity index is 751. The van der Waals surface area contributed by atoms with E-state index in [2.05, 4.69) is 27.0 Å². The van der Waals surface area contributed by atoms with Crippen LogP contribution in [0.5, 0.6) is 0 Å². The predicted octanol–water partition coefficient (Wildman–Crippen LogP) is 2.68. The van der Waals surface area contributed by atoms with Crippen LogP contribution in [0.1, 0.15) is 35.1 Å². The first-order chi connectivity index (χ1) is 12.2. The Morgan fingerprint density at radius 3 is 2.96 bits per heavy atom. The molecule has 0 saturated heterocycles. The van der Waals surface area contributed by atoms with E-state index >= 15 is 0 Å². The monoisotopic (exact) mass is 359 g/mol. The van der Waals surface area contributed by atoms with Gasteiger partial charge in [0, 0.05) is 17.5 Å². The Morgan fingerprint density at radius 1 is 1.32 bits per heavy atom. The van der Waals surface area contributed by atoms with Crippen LogP contribution in [0.4, 0.5) is 4.79 Å². The number of carbonyl (C=O) groups excluding carboxylic acids is 2. The lowest BCUT2D eigenvalue weighted by Gasteiger charge is -2.35. The fraction of sp³-hybridized carbons (Fsp3) is 0.444. The molecular formula is C18H21N3O3S. The highest BCUT2D eigenvalue weighted by Gasteiger charge is 2.40. The van der Waals surface area contributed by atoms with Crippen molar-refractivity contribution >= 4 is 23.3 Å². The molecule has 3 heterocycles. The number of nitrogens with zero attached hydrogens (tertiary/aromatic N) is 1. The van der Waals surface area contributed by atoms with E-state index < -0.39 is 6.03 Å². The molecule has 6 nitrogen and oxygen atoms in total. The highest BCUT2D eigenvalue weighted by atomic mass is 32.1. The third kappa shape index (κ3) is 3.77. The number of urea groups is 1. The summed E-state index contributed by atoms with van der Waals surface area (Å²) in [6, 6.07) is 5.56. The summed E-state index contributed by atoms with van der Waals surface area (Å²) in [4.78, 5) is 27.8. The maximum absolute atomic E-state index is 12.3. The Kier molecular flexibility index (Phi) is 4.59. The predicted molar refractivity (Wildman–Crippen MR) is 94.1 cm³/mol. The molecule has 1 fully saturated rings. The molecular weight excluding hydrogens is 338 g/mol. The second-order valence-corrected chi connectivity index (χ2v) is 7.61. The SMILES string of the molecule is O=C(CN1CCc2sccc2[C@H]1C1CC1)NC(=O)NCc1ccco1. The molecule has 2 aromatic rings. The lowest BCUT2D eigenvalue weighted by Crippen LogP contribution is -2.47. The minimum Gasteiger partial charge on any atom is -0.467 e. The zero-order chi connectivity index (χ0) is 17.2. The number of imide groups is 1. The molecule has 0 aromatic carbocycles. The molecule has 2 aromatic heterocycles. The Labute approximate surface area is 150 Å². The number of amides is 3. The Balaban J connectivity index is 1.32. The van der Waals surface area contributed by atoms with Crippen molar-refractivity contribution in [2.24, 2.45) is 5.92 Å². The van der Waals surface area contributed by atoms with Gasteiger partial charge in [-0.05, 0) is 54.3 Å². The molecule has 0 bridgehead atoms. The quantitative estimate of drug-likeness (QED) is 0.861. The van der Waals surface area contributed by atoms with Gasteiger partial charge in [-0.1, -0.05) is 0 Å². The fourth-order valence-corrected chi connectivity index (χ4v) is 4.43. The molecule has 1 aliphatic heterocycles. The number of hydrogen-bond acceptors (Lipinski definition) is 5. The zero-order valence-corrected chi connectivity index (χ0v) is 14.7. The number of furan rings is 1. The van der Waals surface area contributed by atoms with Crippen LogP contribution >= 0.6 is 11.3 Å². The van der Waals surface area contributed by atoms with Crippen LogP contribution in [-0.4, -0.2) is 29.9 Å². The van der Waals surface area contributed by atoms with E-state index in [0.717, 1.165) is 13.0 Å². The number of hydrogen-bond donors (Lipinski definition) is 2. The number of carbonyl (C=O) groups is 2. The molecule has 0 unspecified atom stereocenters. The molecule has 1 saturated carbocycles. The van der Waals surface area contributed by atoms with Gasteiger partial charge in [0.25, 0.3) is 0 Å². The van der Waals surface area contributed by atoms with E-state index in [1.807, 2.05) is 11.3 Å². The van der Waals surface area contributed by atoms with E-state index in [4.69, 9.17) is 4.42 Å². The number of fused-ring (bicyclic) bond motifs is 1. The van der Waals surface area contributed by atoms with Gasteiger partial charge < -0.3 is 9.73 Å². The lowest BCUT2D eigenvalue weighted by molar-refractivity contribution is -0.122. The molecule has 132 valence electrons. The highest BCUT2D eigenvalue weighted by molar-refractivity contribution is 7.10. The van der Waals surface area contributed by atoms with Crippen LogP contribution < -0.4 is 10.6 Å². The molecule has 2 aliphatic rings. The molecule has 0 radical (unpaired) electrons. The fourth-order valence-electron chi connectivity index (χ4n) is 3.51. The average Bonchev–Trinajstić information content (AvgIpc) is 3.09. The molecule has 4 rings (SSSR count). The second-order valence-electron chi connectivity index (χ2n) is 6.61. The number of thiophene rings is 1. The van der Waals surface area contributed by atoms with Crippen LogP contribution in [0.25, 0.3) is 0 Å². The third-order valence-electron chi connectivity index (χ3n) is 4.79. The van der Waals surface area contributed by atoms with Crippen LogP contribution in [0.2, 0.25) is 0 Å². The molecule has 7 heteroatoms. The summed E-state index contributed by atoms with van der Waals surface area (Å²) in [6.07, 6.45) is 4.98. The third-order valence-corrected chi connectivity index (χ3v) is 5.79. The summed E-state index contributed by atoms with van der Waals surface area (Å²) in [7, 11) is 0. The second kappa shape index (κ2) is 7.01. The van der Waals surface area contributed by atoms with Crippen LogP contribution in [0, 0.1) is 5.92 Å². The highest BCUT2D eigenvalue weighted by Crippen LogP contribution is 2.48. The Hall–Kier alpha value is -2.12. The summed E-state index contributed by atoms with van der Waals surface area (Å²) in [5, 5.41) is 7.19. The minimum atomic E-state index is -0.488. The van der Waals surface area contributed by atoms with Gasteiger partial charge in [-0.15, -0.1) is 11.3 Å². The Morgan fingerprint density at radius 2 is 2.20 bits per heavy atom. The lowest BCUT2D eigenvalue weighted by atomic mass is 9.96. The summed E-state index contributed by atoms with van der Waals surface area (Å²) in [5.74, 6) is 1.04. The smallest absolute Gasteiger partial charge is 0.321 e. The normalized spacial score (nSPS) is 20.1. The molecule has 0 spiro atoms. The summed E-state index contributed by atoms with van der Waals surface area (Å²) in [6.45, 7) is 1.39. The number of rotatable bonds is 5. The molecule has 2 N–H and O–H groups in total. The van der Waals surface area contributed by atoms with Crippen molar-refractivity contribution in [3.05, 3.63) is 46.0 Å². The van der Waals surface area contributed by atoms with Crippen molar-refractivity contribution in [1.29, 1.82) is 0 Å². The zero-order valence-electron chi connectivity index (χ0n) is 13.9. The number of nitrogens with one attached hydrogen (secondary N) is 2. The summed E-state index contributed by atoms with van der Waals surface area (Å²) < 4.78 is 5.15. The standard InChI is InChI=1S/C18H21N3O3S/c22-16(20-18(23)19-10-13-2-1-8-24-13)11-21-7-5-15-14(6-9-25-15)17(21)12-3-4-12/h1-2,6,8-9,12,17H,3-5,7,10-11H2,(H2,19,20,22,23)/t17-/m1/s1. The van der Waals surface area contributed by atoms with Gasteiger partial charge in [-0.2, -0.15) is 0 Å². The van der Waals surface area contributed by atoms with Crippen molar-refractivity contribution in [3.63, 3.8) is 0 Å². The van der Waals surface area contributed by atoms with E-state index in [9.17, 15) is 9.59 Å².